The number of hydrogen-bond acceptors (Lipinski definition) is 0. The van der Waals surface area contributed by atoms with Gasteiger partial charge in [-0.2, -0.15) is 0 Å². The summed E-state index contributed by atoms with van der Waals surface area (Å²) in [6.45, 7) is 0. The molecule has 0 saturated heterocycles. The molecule has 10 aromatic rings. The number of aromatic nitrogens is 2. The number of nitrogens with zero attached hydrogens (tertiary/aromatic N) is 2. The lowest BCUT2D eigenvalue weighted by atomic mass is 10.0. The third kappa shape index (κ3) is 3.20. The molecule has 0 amide bonds. The zero-order valence-corrected chi connectivity index (χ0v) is 22.0. The third-order valence-corrected chi connectivity index (χ3v) is 7.56. The lowest BCUT2D eigenvalue weighted by Gasteiger charge is -2.11. The van der Waals surface area contributed by atoms with Crippen molar-refractivity contribution in [1.29, 1.82) is 0 Å². The van der Waals surface area contributed by atoms with E-state index in [1.165, 1.54) is 0 Å². The van der Waals surface area contributed by atoms with Crippen LogP contribution in [0.15, 0.2) is 157 Å². The number of fused-ring (bicyclic) bond motifs is 11. The van der Waals surface area contributed by atoms with E-state index < -0.39 is 222 Å². The van der Waals surface area contributed by atoms with E-state index in [2.05, 4.69) is 0 Å². The van der Waals surface area contributed by atoms with Crippen molar-refractivity contribution in [2.45, 2.75) is 0 Å². The van der Waals surface area contributed by atoms with Gasteiger partial charge in [-0.1, -0.05) is 109 Å². The summed E-state index contributed by atoms with van der Waals surface area (Å²) in [5, 5.41) is -4.50. The minimum absolute atomic E-state index is 0.254. The van der Waals surface area contributed by atoms with Crippen LogP contribution in [0.3, 0.4) is 0 Å². The van der Waals surface area contributed by atoms with Crippen LogP contribution in [0.25, 0.3) is 87.3 Å². The summed E-state index contributed by atoms with van der Waals surface area (Å²) in [7, 11) is 0. The Kier molecular flexibility index (Phi) is 2.03. The number of para-hydroxylation sites is 1. The van der Waals surface area contributed by atoms with Gasteiger partial charge < -0.3 is 9.13 Å². The van der Waals surface area contributed by atoms with Crippen LogP contribution in [0.2, 0.25) is 0 Å². The molecule has 10 rings (SSSR count). The highest BCUT2D eigenvalue weighted by molar-refractivity contribution is 6.33. The van der Waals surface area contributed by atoms with Gasteiger partial charge in [-0.25, -0.2) is 0 Å². The highest BCUT2D eigenvalue weighted by Gasteiger charge is 2.22. The van der Waals surface area contributed by atoms with E-state index >= 15 is 0 Å². The second kappa shape index (κ2) is 8.82. The molecule has 2 nitrogen and oxygen atoms in total. The minimum Gasteiger partial charge on any atom is -0.309 e. The fraction of sp³-hybridized carbons (Fsp3) is 0. The van der Waals surface area contributed by atoms with Crippen LogP contribution in [0.4, 0.5) is 0 Å². The summed E-state index contributed by atoms with van der Waals surface area (Å²) in [4.78, 5) is 0. The fourth-order valence-electron chi connectivity index (χ4n) is 5.77. The molecular weight excluding hydrogens is 532 g/mol. The summed E-state index contributed by atoms with van der Waals surface area (Å²) in [6, 6.07) is -19.1. The van der Waals surface area contributed by atoms with Gasteiger partial charge in [-0.05, 0) is 80.7 Å². The Morgan fingerprint density at radius 1 is 0.341 bits per heavy atom. The molecule has 0 aliphatic rings. The Morgan fingerprint density at radius 3 is 1.50 bits per heavy atom. The molecule has 2 heteroatoms. The van der Waals surface area contributed by atoms with Gasteiger partial charge in [0.25, 0.3) is 0 Å². The Hall–Kier alpha value is -5.86. The van der Waals surface area contributed by atoms with Crippen molar-refractivity contribution in [2.24, 2.45) is 0 Å². The number of benzene rings is 8. The Labute approximate surface area is 288 Å². The molecule has 0 radical (unpaired) electrons. The molecule has 0 N–H and O–H groups in total. The minimum atomic E-state index is -0.909. The van der Waals surface area contributed by atoms with Crippen LogP contribution >= 0.6 is 0 Å². The molecule has 0 aliphatic heterocycles. The lowest BCUT2D eigenvalue weighted by Crippen LogP contribution is -1.95. The Balaban J connectivity index is 1.61. The maximum atomic E-state index is 9.84. The fourth-order valence-corrected chi connectivity index (χ4v) is 5.77. The molecular formula is C42H26N2. The standard InChI is InChI=1S/C42H26N2/c1-3-12-30-25-32(20-17-27(30)9-1)43-36-16-8-7-15-35(36)41-38(43)23-24-39-42(41)40-34-14-6-5-11-29(34)19-22-37(40)44(39)33-21-18-28-10-2-4-13-31(28)26-33/h1-26H/i1D,2D,3D,4D,5D,6D,7D,8D,9D,10D,11D,12D,13D,14D,16D,17D,18D,19D,20D,21D,22D,23D,24D,25D,26D. The van der Waals surface area contributed by atoms with Crippen molar-refractivity contribution >= 4 is 75.9 Å². The van der Waals surface area contributed by atoms with Crippen LogP contribution < -0.4 is 0 Å². The normalized spacial score (nSPS) is 20.0. The summed E-state index contributed by atoms with van der Waals surface area (Å²) in [6.07, 6.45) is 0. The first kappa shape index (κ1) is 10.1. The zero-order valence-electron chi connectivity index (χ0n) is 47.0. The van der Waals surface area contributed by atoms with E-state index in [0.717, 1.165) is 15.2 Å². The summed E-state index contributed by atoms with van der Waals surface area (Å²) in [5.41, 5.74) is -3.45. The molecule has 0 bridgehead atoms. The first-order valence-corrected chi connectivity index (χ1v) is 13.2. The lowest BCUT2D eigenvalue weighted by molar-refractivity contribution is 1.18. The van der Waals surface area contributed by atoms with Crippen LogP contribution in [0.5, 0.6) is 0 Å². The number of rotatable bonds is 2. The molecule has 0 unspecified atom stereocenters. The topological polar surface area (TPSA) is 9.86 Å². The highest BCUT2D eigenvalue weighted by Crippen LogP contribution is 2.44. The van der Waals surface area contributed by atoms with Gasteiger partial charge in [-0.3, -0.25) is 0 Å². The molecule has 0 saturated carbocycles. The summed E-state index contributed by atoms with van der Waals surface area (Å²) >= 11 is 0. The quantitative estimate of drug-likeness (QED) is 0.192. The van der Waals surface area contributed by atoms with E-state index in [4.69, 9.17) is 20.6 Å². The maximum absolute atomic E-state index is 9.84. The summed E-state index contributed by atoms with van der Waals surface area (Å²) < 4.78 is 226. The second-order valence-electron chi connectivity index (χ2n) is 9.84. The highest BCUT2D eigenvalue weighted by atomic mass is 15.0. The van der Waals surface area contributed by atoms with Crippen molar-refractivity contribution in [3.63, 3.8) is 0 Å². The van der Waals surface area contributed by atoms with E-state index in [0.29, 0.717) is 0 Å². The van der Waals surface area contributed by atoms with Gasteiger partial charge in [0.1, 0.15) is 0 Å². The van der Waals surface area contributed by atoms with Gasteiger partial charge in [0.05, 0.1) is 56.3 Å². The predicted octanol–water partition coefficient (Wildman–Crippen LogP) is 11.3. The molecule has 0 spiro atoms. The first-order valence-electron chi connectivity index (χ1n) is 25.7. The SMILES string of the molecule is [2H]c1cc2c3c4c5c6c([2H])c([2H])c([2H])c([2H])c6c([2H])c([2H])c5n(-c5c([2H])c([2H])c6c([2H])c([2H])c([2H])c([2H])c6c5[2H])c4c([2H])c([2H])c3n(-c3c([2H])c([2H])c4c([2H])c([2H])c([2H])c([2H])c4c3[2H])c2c([2H])c1[2H]. The van der Waals surface area contributed by atoms with Gasteiger partial charge in [0, 0.05) is 32.9 Å². The van der Waals surface area contributed by atoms with Crippen molar-refractivity contribution in [2.75, 3.05) is 0 Å². The molecule has 2 heterocycles. The average molecular weight is 584 g/mol. The smallest absolute Gasteiger partial charge is 0.0651 e. The molecule has 0 atom stereocenters. The summed E-state index contributed by atoms with van der Waals surface area (Å²) in [5.74, 6) is 0. The third-order valence-electron chi connectivity index (χ3n) is 7.56. The van der Waals surface area contributed by atoms with Gasteiger partial charge >= 0.3 is 0 Å². The van der Waals surface area contributed by atoms with E-state index in [9.17, 15) is 13.7 Å². The van der Waals surface area contributed by atoms with Crippen LogP contribution in [0, 0.1) is 0 Å². The predicted molar refractivity (Wildman–Crippen MR) is 188 cm³/mol. The average Bonchev–Trinajstić information content (AvgIpc) is 3.82. The largest absolute Gasteiger partial charge is 0.309 e. The maximum Gasteiger partial charge on any atom is 0.0651 e. The van der Waals surface area contributed by atoms with Crippen LogP contribution in [-0.2, 0) is 0 Å². The molecule has 0 aliphatic carbocycles. The van der Waals surface area contributed by atoms with Gasteiger partial charge in [0.2, 0.25) is 0 Å². The molecule has 2 aromatic heterocycles. The van der Waals surface area contributed by atoms with E-state index in [-0.39, 0.29) is 16.2 Å². The molecule has 44 heavy (non-hydrogen) atoms. The Morgan fingerprint density at radius 2 is 0.818 bits per heavy atom. The van der Waals surface area contributed by atoms with Crippen molar-refractivity contribution in [3.05, 3.63) is 157 Å². The van der Waals surface area contributed by atoms with E-state index in [1.807, 2.05) is 0 Å². The second-order valence-corrected chi connectivity index (χ2v) is 9.84. The van der Waals surface area contributed by atoms with Gasteiger partial charge in [0.15, 0.2) is 0 Å². The van der Waals surface area contributed by atoms with E-state index in [1.54, 1.807) is 0 Å². The molecule has 8 aromatic carbocycles. The van der Waals surface area contributed by atoms with Crippen LogP contribution in [0.1, 0.15) is 34.3 Å². The van der Waals surface area contributed by atoms with Crippen LogP contribution in [-0.4, -0.2) is 9.13 Å². The Bertz CT molecular complexity index is 4190. The van der Waals surface area contributed by atoms with Crippen molar-refractivity contribution in [3.8, 4) is 11.4 Å². The first-order chi connectivity index (χ1) is 32.3. The molecule has 204 valence electrons. The van der Waals surface area contributed by atoms with Crippen molar-refractivity contribution in [1.82, 2.24) is 9.13 Å². The molecule has 0 fully saturated rings. The van der Waals surface area contributed by atoms with Crippen molar-refractivity contribution < 1.29 is 34.3 Å². The van der Waals surface area contributed by atoms with Gasteiger partial charge in [-0.15, -0.1) is 0 Å². The zero-order chi connectivity index (χ0) is 50.5. The monoisotopic (exact) mass is 583 g/mol. The number of hydrogen-bond donors (Lipinski definition) is 0.